The smallest absolute Gasteiger partial charge is 0.170 e. The van der Waals surface area contributed by atoms with E-state index in [1.54, 1.807) is 6.20 Å². The van der Waals surface area contributed by atoms with E-state index in [-0.39, 0.29) is 0 Å². The first kappa shape index (κ1) is 20.9. The molecule has 0 spiro atoms. The molecule has 0 bridgehead atoms. The van der Waals surface area contributed by atoms with Gasteiger partial charge in [-0.3, -0.25) is 4.98 Å². The lowest BCUT2D eigenvalue weighted by Gasteiger charge is -2.11. The van der Waals surface area contributed by atoms with Crippen molar-refractivity contribution in [3.63, 3.8) is 0 Å². The molecule has 0 radical (unpaired) electrons. The van der Waals surface area contributed by atoms with Gasteiger partial charge in [0.2, 0.25) is 0 Å². The van der Waals surface area contributed by atoms with Crippen LogP contribution < -0.4 is 15.9 Å². The van der Waals surface area contributed by atoms with Gasteiger partial charge in [0.1, 0.15) is 17.3 Å². The van der Waals surface area contributed by atoms with Gasteiger partial charge in [0.15, 0.2) is 5.84 Å². The van der Waals surface area contributed by atoms with Crippen molar-refractivity contribution in [3.8, 4) is 11.5 Å². The van der Waals surface area contributed by atoms with Crippen molar-refractivity contribution in [2.24, 2.45) is 16.1 Å². The minimum absolute atomic E-state index is 0.316. The molecule has 0 amide bonds. The van der Waals surface area contributed by atoms with Gasteiger partial charge in [-0.2, -0.15) is 5.10 Å². The Morgan fingerprint density at radius 3 is 2.80 bits per heavy atom. The molecule has 8 nitrogen and oxygen atoms in total. The standard InChI is InChI=1S/C22H25N7O/c1-3-17-8-9-20(15(2)26-17)30-19-11-12-25-22(14-19)27-18-6-4-5-16(13-18)7-10-21(28-23)29-24/h4-6,8-9,11-14,23H,3,7,10,24H2,1-2H3,(H,25,27). The van der Waals surface area contributed by atoms with Crippen LogP contribution in [0.5, 0.6) is 11.5 Å². The maximum Gasteiger partial charge on any atom is 0.170 e. The first-order valence-electron chi connectivity index (χ1n) is 9.72. The fraction of sp³-hybridized carbons (Fsp3) is 0.227. The molecule has 2 heterocycles. The third-order valence-electron chi connectivity index (χ3n) is 4.53. The molecule has 0 saturated carbocycles. The molecule has 30 heavy (non-hydrogen) atoms. The van der Waals surface area contributed by atoms with Crippen LogP contribution in [0.25, 0.3) is 0 Å². The van der Waals surface area contributed by atoms with Gasteiger partial charge in [0.05, 0.1) is 5.69 Å². The maximum atomic E-state index is 7.03. The summed E-state index contributed by atoms with van der Waals surface area (Å²) in [4.78, 5) is 8.91. The summed E-state index contributed by atoms with van der Waals surface area (Å²) in [5.41, 5.74) is 10.9. The van der Waals surface area contributed by atoms with Crippen LogP contribution in [-0.2, 0) is 12.8 Å². The molecular weight excluding hydrogens is 378 g/mol. The second-order valence-electron chi connectivity index (χ2n) is 6.70. The molecular formula is C22H25N7O. The Balaban J connectivity index is 1.69. The molecule has 0 fully saturated rings. The zero-order valence-corrected chi connectivity index (χ0v) is 17.1. The van der Waals surface area contributed by atoms with Crippen LogP contribution in [0.2, 0.25) is 0 Å². The van der Waals surface area contributed by atoms with Crippen molar-refractivity contribution >= 4 is 17.3 Å². The lowest BCUT2D eigenvalue weighted by atomic mass is 10.1. The second-order valence-corrected chi connectivity index (χ2v) is 6.70. The molecule has 8 heteroatoms. The second kappa shape index (κ2) is 10.1. The molecule has 154 valence electrons. The van der Waals surface area contributed by atoms with Crippen LogP contribution in [-0.4, -0.2) is 15.8 Å². The third-order valence-corrected chi connectivity index (χ3v) is 4.53. The highest BCUT2D eigenvalue weighted by molar-refractivity contribution is 5.82. The number of nitrogens with zero attached hydrogens (tertiary/aromatic N) is 4. The van der Waals surface area contributed by atoms with Gasteiger partial charge in [-0.05, 0) is 55.7 Å². The number of hydrogen-bond donors (Lipinski definition) is 3. The Hall–Kier alpha value is -3.81. The van der Waals surface area contributed by atoms with E-state index in [0.717, 1.165) is 34.8 Å². The number of hydrazone groups is 1. The number of benzene rings is 1. The van der Waals surface area contributed by atoms with Crippen LogP contribution in [0.1, 0.15) is 30.3 Å². The molecule has 4 N–H and O–H groups in total. The SMILES string of the molecule is CCc1ccc(Oc2ccnc(Nc3cccc(CCC(N=N)=NN)c3)c2)c(C)n1. The number of nitrogens with two attached hydrogens (primary N) is 1. The summed E-state index contributed by atoms with van der Waals surface area (Å²) in [6.45, 7) is 4.02. The summed E-state index contributed by atoms with van der Waals surface area (Å²) in [6, 6.07) is 15.5. The zero-order chi connectivity index (χ0) is 21.3. The minimum atomic E-state index is 0.316. The maximum absolute atomic E-state index is 7.03. The van der Waals surface area contributed by atoms with Crippen molar-refractivity contribution in [1.29, 1.82) is 5.53 Å². The topological polar surface area (TPSA) is 122 Å². The average molecular weight is 403 g/mol. The first-order chi connectivity index (χ1) is 14.6. The van der Waals surface area contributed by atoms with Gasteiger partial charge in [-0.25, -0.2) is 10.5 Å². The molecule has 2 aromatic heterocycles. The molecule has 0 saturated heterocycles. The predicted molar refractivity (Wildman–Crippen MR) is 117 cm³/mol. The van der Waals surface area contributed by atoms with Gasteiger partial charge in [0, 0.05) is 30.1 Å². The Bertz CT molecular complexity index is 1050. The van der Waals surface area contributed by atoms with E-state index in [1.165, 1.54) is 0 Å². The van der Waals surface area contributed by atoms with Crippen molar-refractivity contribution in [3.05, 3.63) is 71.7 Å². The van der Waals surface area contributed by atoms with Crippen molar-refractivity contribution in [2.75, 3.05) is 5.32 Å². The molecule has 0 aliphatic heterocycles. The average Bonchev–Trinajstić information content (AvgIpc) is 2.76. The van der Waals surface area contributed by atoms with Gasteiger partial charge in [0.25, 0.3) is 0 Å². The Labute approximate surface area is 175 Å². The van der Waals surface area contributed by atoms with E-state index < -0.39 is 0 Å². The number of anilines is 2. The summed E-state index contributed by atoms with van der Waals surface area (Å²) in [6.07, 6.45) is 3.78. The van der Waals surface area contributed by atoms with Gasteiger partial charge < -0.3 is 15.9 Å². The summed E-state index contributed by atoms with van der Waals surface area (Å²) in [7, 11) is 0. The van der Waals surface area contributed by atoms with Crippen LogP contribution in [0, 0.1) is 12.5 Å². The Morgan fingerprint density at radius 2 is 2.07 bits per heavy atom. The van der Waals surface area contributed by atoms with Gasteiger partial charge in [-0.1, -0.05) is 19.1 Å². The number of aromatic nitrogens is 2. The predicted octanol–water partition coefficient (Wildman–Crippen LogP) is 5.12. The molecule has 0 atom stereocenters. The van der Waals surface area contributed by atoms with Crippen LogP contribution >= 0.6 is 0 Å². The Kier molecular flexibility index (Phi) is 7.05. The molecule has 0 unspecified atom stereocenters. The van der Waals surface area contributed by atoms with Crippen LogP contribution in [0.4, 0.5) is 11.5 Å². The number of rotatable bonds is 8. The normalized spacial score (nSPS) is 11.2. The van der Waals surface area contributed by atoms with Crippen molar-refractivity contribution < 1.29 is 4.74 Å². The minimum Gasteiger partial charge on any atom is -0.455 e. The fourth-order valence-electron chi connectivity index (χ4n) is 2.93. The monoisotopic (exact) mass is 403 g/mol. The largest absolute Gasteiger partial charge is 0.455 e. The lowest BCUT2D eigenvalue weighted by molar-refractivity contribution is 0.475. The highest BCUT2D eigenvalue weighted by atomic mass is 16.5. The molecule has 0 aliphatic carbocycles. The van der Waals surface area contributed by atoms with E-state index in [4.69, 9.17) is 16.1 Å². The van der Waals surface area contributed by atoms with Crippen molar-refractivity contribution in [1.82, 2.24) is 9.97 Å². The quantitative estimate of drug-likeness (QED) is 0.158. The van der Waals surface area contributed by atoms with Gasteiger partial charge >= 0.3 is 0 Å². The Morgan fingerprint density at radius 1 is 1.20 bits per heavy atom. The number of nitrogens with one attached hydrogen (secondary N) is 2. The van der Waals surface area contributed by atoms with Crippen LogP contribution in [0.3, 0.4) is 0 Å². The first-order valence-corrected chi connectivity index (χ1v) is 9.72. The van der Waals surface area contributed by atoms with E-state index >= 15 is 0 Å². The fourth-order valence-corrected chi connectivity index (χ4v) is 2.93. The highest BCUT2D eigenvalue weighted by Gasteiger charge is 2.06. The molecule has 3 aromatic rings. The number of ether oxygens (including phenoxy) is 1. The van der Waals surface area contributed by atoms with E-state index in [2.05, 4.69) is 32.4 Å². The van der Waals surface area contributed by atoms with E-state index in [9.17, 15) is 0 Å². The van der Waals surface area contributed by atoms with Gasteiger partial charge in [-0.15, -0.1) is 5.11 Å². The summed E-state index contributed by atoms with van der Waals surface area (Å²) in [5, 5.41) is 10.1. The van der Waals surface area contributed by atoms with E-state index in [0.29, 0.717) is 30.2 Å². The summed E-state index contributed by atoms with van der Waals surface area (Å²) < 4.78 is 6.00. The zero-order valence-electron chi connectivity index (χ0n) is 17.1. The van der Waals surface area contributed by atoms with Crippen molar-refractivity contribution in [2.45, 2.75) is 33.1 Å². The highest BCUT2D eigenvalue weighted by Crippen LogP contribution is 2.26. The summed E-state index contributed by atoms with van der Waals surface area (Å²) >= 11 is 0. The van der Waals surface area contributed by atoms with E-state index in [1.807, 2.05) is 55.5 Å². The summed E-state index contributed by atoms with van der Waals surface area (Å²) in [5.74, 6) is 7.60. The molecule has 3 rings (SSSR count). The van der Waals surface area contributed by atoms with Crippen LogP contribution in [0.15, 0.2) is 64.9 Å². The third kappa shape index (κ3) is 5.60. The number of aryl methyl sites for hydroxylation is 3. The molecule has 0 aliphatic rings. The molecule has 1 aromatic carbocycles. The number of hydrogen-bond acceptors (Lipinski definition) is 7. The number of amidine groups is 1. The lowest BCUT2D eigenvalue weighted by Crippen LogP contribution is -2.01. The number of pyridine rings is 2.